The van der Waals surface area contributed by atoms with E-state index in [0.717, 1.165) is 6.42 Å². The Hall–Kier alpha value is -0.860. The van der Waals surface area contributed by atoms with Gasteiger partial charge in [-0.15, -0.1) is 10.2 Å². The summed E-state index contributed by atoms with van der Waals surface area (Å²) < 4.78 is 2.02. The molecule has 0 saturated carbocycles. The molecule has 0 saturated heterocycles. The Morgan fingerprint density at radius 1 is 1.30 bits per heavy atom. The van der Waals surface area contributed by atoms with Gasteiger partial charge in [-0.2, -0.15) is 0 Å². The number of nitrogens with zero attached hydrogens (tertiary/aromatic N) is 3. The minimum absolute atomic E-state index is 0.156. The fourth-order valence-electron chi connectivity index (χ4n) is 0.696. The third-order valence-corrected chi connectivity index (χ3v) is 1.98. The zero-order chi connectivity index (χ0) is 7.61. The first-order valence-electron chi connectivity index (χ1n) is 3.52. The number of rotatable bonds is 2. The lowest BCUT2D eigenvalue weighted by molar-refractivity contribution is 0.341. The molecule has 0 aliphatic rings. The first-order valence-corrected chi connectivity index (χ1v) is 3.52. The predicted octanol–water partition coefficient (Wildman–Crippen LogP) is 1.42. The molecule has 3 nitrogen and oxygen atoms in total. The molecule has 0 radical (unpaired) electrons. The Morgan fingerprint density at radius 2 is 1.80 bits per heavy atom. The number of aromatic nitrogens is 3. The van der Waals surface area contributed by atoms with E-state index in [1.54, 1.807) is 12.7 Å². The summed E-state index contributed by atoms with van der Waals surface area (Å²) in [5, 5.41) is 7.50. The van der Waals surface area contributed by atoms with Crippen LogP contribution in [0.1, 0.15) is 27.2 Å². The zero-order valence-electron chi connectivity index (χ0n) is 6.70. The van der Waals surface area contributed by atoms with E-state index >= 15 is 0 Å². The molecule has 0 fully saturated rings. The van der Waals surface area contributed by atoms with E-state index in [2.05, 4.69) is 31.0 Å². The molecular weight excluding hydrogens is 126 g/mol. The van der Waals surface area contributed by atoms with Crippen molar-refractivity contribution in [3.63, 3.8) is 0 Å². The maximum absolute atomic E-state index is 3.75. The predicted molar refractivity (Wildman–Crippen MR) is 39.6 cm³/mol. The maximum Gasteiger partial charge on any atom is 0.119 e. The first kappa shape index (κ1) is 7.25. The van der Waals surface area contributed by atoms with Gasteiger partial charge in [0.25, 0.3) is 0 Å². The number of hydrogen-bond acceptors (Lipinski definition) is 2. The summed E-state index contributed by atoms with van der Waals surface area (Å²) in [6, 6.07) is 0. The van der Waals surface area contributed by atoms with E-state index < -0.39 is 0 Å². The van der Waals surface area contributed by atoms with Crippen molar-refractivity contribution in [2.75, 3.05) is 0 Å². The van der Waals surface area contributed by atoms with Gasteiger partial charge < -0.3 is 4.57 Å². The van der Waals surface area contributed by atoms with Crippen LogP contribution in [0.3, 0.4) is 0 Å². The van der Waals surface area contributed by atoms with Gasteiger partial charge in [-0.05, 0) is 20.3 Å². The smallest absolute Gasteiger partial charge is 0.119 e. The Bertz CT molecular complexity index is 189. The molecule has 0 aliphatic carbocycles. The fourth-order valence-corrected chi connectivity index (χ4v) is 0.696. The third kappa shape index (κ3) is 1.17. The molecule has 0 unspecified atom stereocenters. The van der Waals surface area contributed by atoms with Crippen molar-refractivity contribution >= 4 is 0 Å². The summed E-state index contributed by atoms with van der Waals surface area (Å²) in [5.41, 5.74) is 0.156. The Kier molecular flexibility index (Phi) is 1.74. The van der Waals surface area contributed by atoms with E-state index in [-0.39, 0.29) is 5.54 Å². The van der Waals surface area contributed by atoms with Gasteiger partial charge in [-0.25, -0.2) is 0 Å². The molecule has 0 atom stereocenters. The average Bonchev–Trinajstić information content (AvgIpc) is 2.38. The highest BCUT2D eigenvalue weighted by molar-refractivity contribution is 4.78. The SMILES string of the molecule is CCC(C)(C)n1cnnc1. The minimum atomic E-state index is 0.156. The van der Waals surface area contributed by atoms with Crippen molar-refractivity contribution in [2.45, 2.75) is 32.7 Å². The monoisotopic (exact) mass is 139 g/mol. The lowest BCUT2D eigenvalue weighted by Gasteiger charge is -2.23. The van der Waals surface area contributed by atoms with Gasteiger partial charge in [0.2, 0.25) is 0 Å². The number of hydrogen-bond donors (Lipinski definition) is 0. The van der Waals surface area contributed by atoms with Gasteiger partial charge in [0.15, 0.2) is 0 Å². The summed E-state index contributed by atoms with van der Waals surface area (Å²) in [6.07, 6.45) is 4.60. The van der Waals surface area contributed by atoms with Crippen LogP contribution in [0.15, 0.2) is 12.7 Å². The van der Waals surface area contributed by atoms with E-state index in [0.29, 0.717) is 0 Å². The van der Waals surface area contributed by atoms with Gasteiger partial charge in [0.1, 0.15) is 12.7 Å². The molecule has 1 heterocycles. The topological polar surface area (TPSA) is 30.7 Å². The Balaban J connectivity index is 2.85. The van der Waals surface area contributed by atoms with Crippen LogP contribution < -0.4 is 0 Å². The van der Waals surface area contributed by atoms with Crippen molar-refractivity contribution in [3.05, 3.63) is 12.7 Å². The van der Waals surface area contributed by atoms with Gasteiger partial charge in [-0.1, -0.05) is 6.92 Å². The van der Waals surface area contributed by atoms with Crippen LogP contribution in [-0.4, -0.2) is 14.8 Å². The van der Waals surface area contributed by atoms with E-state index in [1.807, 2.05) is 4.57 Å². The highest BCUT2D eigenvalue weighted by Gasteiger charge is 2.15. The summed E-state index contributed by atoms with van der Waals surface area (Å²) in [4.78, 5) is 0. The standard InChI is InChI=1S/C7H13N3/c1-4-7(2,3)10-5-8-9-6-10/h5-6H,4H2,1-3H3. The van der Waals surface area contributed by atoms with Crippen LogP contribution in [0.25, 0.3) is 0 Å². The molecule has 1 aromatic heterocycles. The Labute approximate surface area is 61.1 Å². The van der Waals surface area contributed by atoms with Crippen molar-refractivity contribution < 1.29 is 0 Å². The molecule has 1 aromatic rings. The normalized spacial score (nSPS) is 11.9. The van der Waals surface area contributed by atoms with Crippen LogP contribution >= 0.6 is 0 Å². The molecule has 0 bridgehead atoms. The summed E-state index contributed by atoms with van der Waals surface area (Å²) >= 11 is 0. The van der Waals surface area contributed by atoms with Gasteiger partial charge in [0.05, 0.1) is 0 Å². The zero-order valence-corrected chi connectivity index (χ0v) is 6.70. The molecule has 56 valence electrons. The minimum Gasteiger partial charge on any atom is -0.315 e. The average molecular weight is 139 g/mol. The summed E-state index contributed by atoms with van der Waals surface area (Å²) in [5.74, 6) is 0. The summed E-state index contributed by atoms with van der Waals surface area (Å²) in [6.45, 7) is 6.48. The van der Waals surface area contributed by atoms with Crippen LogP contribution in [0, 0.1) is 0 Å². The van der Waals surface area contributed by atoms with Crippen LogP contribution in [0.5, 0.6) is 0 Å². The van der Waals surface area contributed by atoms with Crippen molar-refractivity contribution in [1.82, 2.24) is 14.8 Å². The van der Waals surface area contributed by atoms with Crippen molar-refractivity contribution in [1.29, 1.82) is 0 Å². The molecular formula is C7H13N3. The molecule has 3 heteroatoms. The van der Waals surface area contributed by atoms with E-state index in [1.165, 1.54) is 0 Å². The molecule has 10 heavy (non-hydrogen) atoms. The van der Waals surface area contributed by atoms with Gasteiger partial charge in [0, 0.05) is 5.54 Å². The lowest BCUT2D eigenvalue weighted by Crippen LogP contribution is -2.23. The van der Waals surface area contributed by atoms with E-state index in [9.17, 15) is 0 Å². The van der Waals surface area contributed by atoms with Crippen LogP contribution in [0.2, 0.25) is 0 Å². The third-order valence-electron chi connectivity index (χ3n) is 1.98. The maximum atomic E-state index is 3.75. The second kappa shape index (κ2) is 2.40. The largest absolute Gasteiger partial charge is 0.315 e. The lowest BCUT2D eigenvalue weighted by atomic mass is 10.0. The van der Waals surface area contributed by atoms with E-state index in [4.69, 9.17) is 0 Å². The molecule has 0 aromatic carbocycles. The van der Waals surface area contributed by atoms with Crippen molar-refractivity contribution in [2.24, 2.45) is 0 Å². The Morgan fingerprint density at radius 3 is 2.20 bits per heavy atom. The van der Waals surface area contributed by atoms with Gasteiger partial charge >= 0.3 is 0 Å². The van der Waals surface area contributed by atoms with Gasteiger partial charge in [-0.3, -0.25) is 0 Å². The molecule has 0 N–H and O–H groups in total. The molecule has 1 rings (SSSR count). The molecule has 0 spiro atoms. The molecule has 0 amide bonds. The second-order valence-electron chi connectivity index (χ2n) is 3.04. The molecule has 0 aliphatic heterocycles. The van der Waals surface area contributed by atoms with Crippen molar-refractivity contribution in [3.8, 4) is 0 Å². The second-order valence-corrected chi connectivity index (χ2v) is 3.04. The summed E-state index contributed by atoms with van der Waals surface area (Å²) in [7, 11) is 0. The fraction of sp³-hybridized carbons (Fsp3) is 0.714. The highest BCUT2D eigenvalue weighted by atomic mass is 15.3. The highest BCUT2D eigenvalue weighted by Crippen LogP contribution is 2.16. The quantitative estimate of drug-likeness (QED) is 0.620. The first-order chi connectivity index (χ1) is 4.67. The van der Waals surface area contributed by atoms with Crippen LogP contribution in [0.4, 0.5) is 0 Å². The van der Waals surface area contributed by atoms with Crippen LogP contribution in [-0.2, 0) is 5.54 Å².